The van der Waals surface area contributed by atoms with E-state index in [0.717, 1.165) is 31.0 Å². The minimum atomic E-state index is -1.87. The number of hydrogen-bond acceptors (Lipinski definition) is 3. The van der Waals surface area contributed by atoms with Crippen LogP contribution >= 0.6 is 0 Å². The van der Waals surface area contributed by atoms with Gasteiger partial charge in [-0.3, -0.25) is 0 Å². The zero-order chi connectivity index (χ0) is 16.6. The smallest absolute Gasteiger partial charge is 0.371 e. The van der Waals surface area contributed by atoms with E-state index in [1.807, 2.05) is 12.2 Å². The third-order valence-electron chi connectivity index (χ3n) is 5.19. The second-order valence-electron chi connectivity index (χ2n) is 6.22. The normalized spacial score (nSPS) is 23.0. The molecule has 0 aromatic rings. The molecule has 0 spiro atoms. The average molecular weight is 325 g/mol. The summed E-state index contributed by atoms with van der Waals surface area (Å²) in [7, 11) is -0.442. The fraction of sp³-hybridized carbons (Fsp3) is 0.722. The van der Waals surface area contributed by atoms with Crippen molar-refractivity contribution < 1.29 is 14.0 Å². The van der Waals surface area contributed by atoms with E-state index in [1.165, 1.54) is 20.0 Å². The number of carbonyl (C=O) groups excluding carboxylic acids is 1. The van der Waals surface area contributed by atoms with Crippen molar-refractivity contribution in [3.05, 3.63) is 24.5 Å². The first kappa shape index (κ1) is 19.0. The van der Waals surface area contributed by atoms with E-state index < -0.39 is 8.32 Å². The summed E-state index contributed by atoms with van der Waals surface area (Å²) in [6.07, 6.45) is 8.75. The summed E-state index contributed by atoms with van der Waals surface area (Å²) >= 11 is 0. The van der Waals surface area contributed by atoms with E-state index in [2.05, 4.69) is 27.4 Å². The molecule has 0 aliphatic heterocycles. The number of ether oxygens (including phenoxy) is 1. The zero-order valence-corrected chi connectivity index (χ0v) is 15.7. The molecular weight excluding hydrogens is 292 g/mol. The van der Waals surface area contributed by atoms with Crippen LogP contribution in [-0.2, 0) is 14.0 Å². The molecule has 0 unspecified atom stereocenters. The van der Waals surface area contributed by atoms with E-state index in [9.17, 15) is 4.79 Å². The maximum absolute atomic E-state index is 12.2. The predicted octanol–water partition coefficient (Wildman–Crippen LogP) is 5.06. The number of allylic oxidation sites excluding steroid dienone is 2. The largest absolute Gasteiger partial charge is 0.539 e. The quantitative estimate of drug-likeness (QED) is 0.206. The molecule has 3 nitrogen and oxygen atoms in total. The standard InChI is InChI=1S/C18H32O3Si/c1-6-15-12-10-11-13-16(15)14-17(18(19)20-5)21-22(7-2,8-3)9-4/h6,14-16H,1,7-13H2,2-5H3/b17-14+/t15-,16+/m0/s1. The van der Waals surface area contributed by atoms with Crippen molar-refractivity contribution in [3.63, 3.8) is 0 Å². The second-order valence-corrected chi connectivity index (χ2v) is 10.9. The lowest BCUT2D eigenvalue weighted by Gasteiger charge is -2.32. The maximum Gasteiger partial charge on any atom is 0.371 e. The molecule has 0 saturated heterocycles. The van der Waals surface area contributed by atoms with Gasteiger partial charge in [0.2, 0.25) is 0 Å². The monoisotopic (exact) mass is 324 g/mol. The molecule has 126 valence electrons. The van der Waals surface area contributed by atoms with Crippen LogP contribution in [0.15, 0.2) is 24.5 Å². The van der Waals surface area contributed by atoms with Crippen LogP contribution in [0.2, 0.25) is 18.1 Å². The molecule has 0 aromatic carbocycles. The van der Waals surface area contributed by atoms with Crippen LogP contribution in [0.5, 0.6) is 0 Å². The highest BCUT2D eigenvalue weighted by molar-refractivity contribution is 6.74. The first-order valence-electron chi connectivity index (χ1n) is 8.67. The fourth-order valence-corrected chi connectivity index (χ4v) is 5.88. The van der Waals surface area contributed by atoms with E-state index in [4.69, 9.17) is 9.16 Å². The Kier molecular flexibility index (Phi) is 7.94. The molecule has 1 fully saturated rings. The van der Waals surface area contributed by atoms with Gasteiger partial charge in [-0.1, -0.05) is 39.7 Å². The summed E-state index contributed by atoms with van der Waals surface area (Å²) < 4.78 is 11.3. The van der Waals surface area contributed by atoms with Crippen molar-refractivity contribution in [2.75, 3.05) is 7.11 Å². The van der Waals surface area contributed by atoms with Crippen molar-refractivity contribution >= 4 is 14.3 Å². The molecule has 0 radical (unpaired) electrons. The minimum Gasteiger partial charge on any atom is -0.539 e. The summed E-state index contributed by atoms with van der Waals surface area (Å²) in [5.74, 6) is 0.898. The molecule has 2 atom stereocenters. The highest BCUT2D eigenvalue weighted by atomic mass is 28.4. The second kappa shape index (κ2) is 9.18. The van der Waals surface area contributed by atoms with E-state index in [-0.39, 0.29) is 5.97 Å². The molecule has 1 aliphatic carbocycles. The molecule has 22 heavy (non-hydrogen) atoms. The Morgan fingerprint density at radius 3 is 2.14 bits per heavy atom. The lowest BCUT2D eigenvalue weighted by Crippen LogP contribution is -2.37. The van der Waals surface area contributed by atoms with Crippen LogP contribution in [0.25, 0.3) is 0 Å². The summed E-state index contributed by atoms with van der Waals surface area (Å²) in [6, 6.07) is 3.05. The van der Waals surface area contributed by atoms with Gasteiger partial charge in [0.05, 0.1) is 7.11 Å². The van der Waals surface area contributed by atoms with Gasteiger partial charge in [-0.2, -0.15) is 0 Å². The van der Waals surface area contributed by atoms with Crippen molar-refractivity contribution in [2.45, 2.75) is 64.6 Å². The Morgan fingerprint density at radius 1 is 1.14 bits per heavy atom. The summed E-state index contributed by atoms with van der Waals surface area (Å²) in [6.45, 7) is 10.5. The molecule has 0 aromatic heterocycles. The summed E-state index contributed by atoms with van der Waals surface area (Å²) in [5.41, 5.74) is 0. The summed E-state index contributed by atoms with van der Waals surface area (Å²) in [5, 5.41) is 0. The Morgan fingerprint density at radius 2 is 1.68 bits per heavy atom. The number of hydrogen-bond donors (Lipinski definition) is 0. The first-order chi connectivity index (χ1) is 10.6. The topological polar surface area (TPSA) is 35.5 Å². The van der Waals surface area contributed by atoms with Crippen molar-refractivity contribution in [1.29, 1.82) is 0 Å². The molecule has 4 heteroatoms. The number of carbonyl (C=O) groups is 1. The molecule has 1 rings (SSSR count). The van der Waals surface area contributed by atoms with Gasteiger partial charge in [-0.25, -0.2) is 4.79 Å². The third-order valence-corrected chi connectivity index (χ3v) is 9.71. The third kappa shape index (κ3) is 4.73. The van der Waals surface area contributed by atoms with Crippen molar-refractivity contribution in [2.24, 2.45) is 11.8 Å². The highest BCUT2D eigenvalue weighted by Gasteiger charge is 2.34. The Labute approximate surface area is 136 Å². The molecule has 0 amide bonds. The first-order valence-corrected chi connectivity index (χ1v) is 11.2. The molecule has 0 N–H and O–H groups in total. The van der Waals surface area contributed by atoms with Crippen LogP contribution in [0.1, 0.15) is 46.5 Å². The lowest BCUT2D eigenvalue weighted by molar-refractivity contribution is -0.138. The number of esters is 1. The zero-order valence-electron chi connectivity index (χ0n) is 14.7. The minimum absolute atomic E-state index is 0.333. The van der Waals surface area contributed by atoms with E-state index in [1.54, 1.807) is 0 Å². The summed E-state index contributed by atoms with van der Waals surface area (Å²) in [4.78, 5) is 12.2. The van der Waals surface area contributed by atoms with Crippen molar-refractivity contribution in [3.8, 4) is 0 Å². The van der Waals surface area contributed by atoms with Crippen LogP contribution in [0.4, 0.5) is 0 Å². The molecule has 1 saturated carbocycles. The highest BCUT2D eigenvalue weighted by Crippen LogP contribution is 2.34. The van der Waals surface area contributed by atoms with Gasteiger partial charge >= 0.3 is 5.97 Å². The van der Waals surface area contributed by atoms with Gasteiger partial charge in [0.25, 0.3) is 8.32 Å². The van der Waals surface area contributed by atoms with Gasteiger partial charge in [-0.05, 0) is 48.9 Å². The lowest BCUT2D eigenvalue weighted by atomic mass is 9.79. The Bertz CT molecular complexity index is 391. The number of methoxy groups -OCH3 is 1. The van der Waals surface area contributed by atoms with E-state index >= 15 is 0 Å². The molecular formula is C18H32O3Si. The van der Waals surface area contributed by atoms with Gasteiger partial charge in [0, 0.05) is 0 Å². The van der Waals surface area contributed by atoms with Gasteiger partial charge in [0.15, 0.2) is 5.76 Å². The van der Waals surface area contributed by atoms with Crippen LogP contribution < -0.4 is 0 Å². The van der Waals surface area contributed by atoms with Gasteiger partial charge < -0.3 is 9.16 Å². The van der Waals surface area contributed by atoms with Gasteiger partial charge in [0.1, 0.15) is 0 Å². The average Bonchev–Trinajstić information content (AvgIpc) is 2.58. The molecule has 0 bridgehead atoms. The van der Waals surface area contributed by atoms with Crippen LogP contribution in [0.3, 0.4) is 0 Å². The van der Waals surface area contributed by atoms with Crippen LogP contribution in [0, 0.1) is 11.8 Å². The van der Waals surface area contributed by atoms with Crippen molar-refractivity contribution in [1.82, 2.24) is 0 Å². The Balaban J connectivity index is 3.03. The Hall–Kier alpha value is -1.03. The maximum atomic E-state index is 12.2. The molecule has 0 heterocycles. The fourth-order valence-electron chi connectivity index (χ4n) is 3.33. The molecule has 1 aliphatic rings. The van der Waals surface area contributed by atoms with E-state index in [0.29, 0.717) is 17.6 Å². The van der Waals surface area contributed by atoms with Gasteiger partial charge in [-0.15, -0.1) is 6.58 Å². The predicted molar refractivity (Wildman–Crippen MR) is 94.0 cm³/mol. The SMILES string of the molecule is C=C[C@H]1CCCC[C@@H]1/C=C(/O[Si](CC)(CC)CC)C(=O)OC. The van der Waals surface area contributed by atoms with Crippen LogP contribution in [-0.4, -0.2) is 21.4 Å². The number of rotatable bonds is 8.